The second-order valence-electron chi connectivity index (χ2n) is 8.10. The van der Waals surface area contributed by atoms with Gasteiger partial charge in [-0.15, -0.1) is 0 Å². The molecule has 0 aliphatic carbocycles. The first-order valence-corrected chi connectivity index (χ1v) is 11.5. The number of methoxy groups -OCH3 is 2. The van der Waals surface area contributed by atoms with Crippen molar-refractivity contribution in [3.8, 4) is 17.0 Å². The van der Waals surface area contributed by atoms with E-state index in [1.807, 2.05) is 54.6 Å². The largest absolute Gasteiger partial charge is 0.497 e. The van der Waals surface area contributed by atoms with Crippen LogP contribution in [0.3, 0.4) is 0 Å². The summed E-state index contributed by atoms with van der Waals surface area (Å²) in [6.07, 6.45) is 1.70. The summed E-state index contributed by atoms with van der Waals surface area (Å²) in [7, 11) is 2.83. The first-order valence-electron chi connectivity index (χ1n) is 11.5. The normalized spacial score (nSPS) is 10.4. The molecule has 2 N–H and O–H groups in total. The van der Waals surface area contributed by atoms with E-state index in [-0.39, 0.29) is 18.0 Å². The molecule has 2 amide bonds. The summed E-state index contributed by atoms with van der Waals surface area (Å²) >= 11 is 0. The Morgan fingerprint density at radius 1 is 0.892 bits per heavy atom. The minimum Gasteiger partial charge on any atom is -0.497 e. The highest BCUT2D eigenvalue weighted by molar-refractivity contribution is 6.08. The number of ether oxygens (including phenoxy) is 2. The fourth-order valence-corrected chi connectivity index (χ4v) is 3.66. The average Bonchev–Trinajstić information content (AvgIpc) is 3.36. The molecule has 4 aromatic rings. The van der Waals surface area contributed by atoms with Gasteiger partial charge in [0.1, 0.15) is 18.0 Å². The second-order valence-corrected chi connectivity index (χ2v) is 8.10. The van der Waals surface area contributed by atoms with Crippen LogP contribution in [0.4, 0.5) is 5.69 Å². The van der Waals surface area contributed by atoms with Crippen LogP contribution in [-0.2, 0) is 16.1 Å². The Labute approximate surface area is 214 Å². The Morgan fingerprint density at radius 2 is 1.65 bits per heavy atom. The monoisotopic (exact) mass is 498 g/mol. The minimum atomic E-state index is -0.559. The highest BCUT2D eigenvalue weighted by Crippen LogP contribution is 2.26. The van der Waals surface area contributed by atoms with Gasteiger partial charge in [0.25, 0.3) is 11.8 Å². The molecule has 0 radical (unpaired) electrons. The maximum absolute atomic E-state index is 13.4. The van der Waals surface area contributed by atoms with Crippen LogP contribution in [0, 0.1) is 0 Å². The van der Waals surface area contributed by atoms with Gasteiger partial charge in [-0.3, -0.25) is 19.1 Å². The van der Waals surface area contributed by atoms with Crippen LogP contribution < -0.4 is 15.4 Å². The number of benzene rings is 3. The Kier molecular flexibility index (Phi) is 7.95. The van der Waals surface area contributed by atoms with Crippen LogP contribution in [0.25, 0.3) is 11.3 Å². The highest BCUT2D eigenvalue weighted by Gasteiger charge is 2.19. The Bertz CT molecular complexity index is 1400. The standard InChI is InChI=1S/C28H26N4O5/c1-36-23-13-11-20(12-14-23)26-24(18-32(31-26)17-19-7-4-3-5-8-19)28(35)30-22-10-6-9-21(15-22)27(34)29-16-25(33)37-2/h3-15,18H,16-17H2,1-2H3,(H,29,34)(H,30,35). The lowest BCUT2D eigenvalue weighted by molar-refractivity contribution is -0.139. The van der Waals surface area contributed by atoms with Gasteiger partial charge in [-0.25, -0.2) is 0 Å². The molecule has 0 bridgehead atoms. The van der Waals surface area contributed by atoms with Gasteiger partial charge < -0.3 is 20.1 Å². The molecular weight excluding hydrogens is 472 g/mol. The summed E-state index contributed by atoms with van der Waals surface area (Å²) in [4.78, 5) is 37.1. The number of rotatable bonds is 9. The highest BCUT2D eigenvalue weighted by atomic mass is 16.5. The van der Waals surface area contributed by atoms with Crippen LogP contribution in [0.5, 0.6) is 5.75 Å². The quantitative estimate of drug-likeness (QED) is 0.340. The summed E-state index contributed by atoms with van der Waals surface area (Å²) in [5.41, 5.74) is 3.41. The summed E-state index contributed by atoms with van der Waals surface area (Å²) < 4.78 is 11.5. The topological polar surface area (TPSA) is 112 Å². The predicted molar refractivity (Wildman–Crippen MR) is 139 cm³/mol. The number of hydrogen-bond acceptors (Lipinski definition) is 6. The summed E-state index contributed by atoms with van der Waals surface area (Å²) in [6, 6.07) is 23.6. The molecule has 37 heavy (non-hydrogen) atoms. The van der Waals surface area contributed by atoms with Gasteiger partial charge >= 0.3 is 5.97 Å². The predicted octanol–water partition coefficient (Wildman–Crippen LogP) is 3.76. The lowest BCUT2D eigenvalue weighted by atomic mass is 10.1. The number of carbonyl (C=O) groups excluding carboxylic acids is 3. The average molecular weight is 499 g/mol. The van der Waals surface area contributed by atoms with Crippen molar-refractivity contribution >= 4 is 23.5 Å². The number of aromatic nitrogens is 2. The molecule has 3 aromatic carbocycles. The van der Waals surface area contributed by atoms with E-state index in [0.29, 0.717) is 29.2 Å². The van der Waals surface area contributed by atoms with Crippen molar-refractivity contribution in [3.05, 3.63) is 102 Å². The van der Waals surface area contributed by atoms with Crippen molar-refractivity contribution in [1.82, 2.24) is 15.1 Å². The summed E-state index contributed by atoms with van der Waals surface area (Å²) in [5.74, 6) is -0.703. The van der Waals surface area contributed by atoms with Gasteiger partial charge in [0.05, 0.1) is 26.3 Å². The SMILES string of the molecule is COC(=O)CNC(=O)c1cccc(NC(=O)c2cn(Cc3ccccc3)nc2-c2ccc(OC)cc2)c1. The van der Waals surface area contributed by atoms with Gasteiger partial charge in [0, 0.05) is 23.0 Å². The van der Waals surface area contributed by atoms with E-state index in [2.05, 4.69) is 15.4 Å². The lowest BCUT2D eigenvalue weighted by Gasteiger charge is -2.08. The van der Waals surface area contributed by atoms with Crippen LogP contribution in [0.1, 0.15) is 26.3 Å². The Balaban J connectivity index is 1.59. The maximum atomic E-state index is 13.4. The Hall–Kier alpha value is -4.92. The second kappa shape index (κ2) is 11.7. The minimum absolute atomic E-state index is 0.252. The van der Waals surface area contributed by atoms with Crippen molar-refractivity contribution in [2.75, 3.05) is 26.1 Å². The molecule has 0 atom stereocenters. The zero-order valence-corrected chi connectivity index (χ0v) is 20.4. The molecular formula is C28H26N4O5. The molecule has 0 aliphatic heterocycles. The van der Waals surface area contributed by atoms with Gasteiger partial charge in [0.15, 0.2) is 0 Å². The zero-order chi connectivity index (χ0) is 26.2. The van der Waals surface area contributed by atoms with Crippen LogP contribution in [0.2, 0.25) is 0 Å². The molecule has 0 saturated heterocycles. The molecule has 0 fully saturated rings. The number of hydrogen-bond donors (Lipinski definition) is 2. The van der Waals surface area contributed by atoms with Crippen molar-refractivity contribution in [2.45, 2.75) is 6.54 Å². The van der Waals surface area contributed by atoms with E-state index < -0.39 is 11.9 Å². The third-order valence-electron chi connectivity index (χ3n) is 5.56. The molecule has 1 heterocycles. The number of nitrogens with zero attached hydrogens (tertiary/aromatic N) is 2. The Morgan fingerprint density at radius 3 is 2.35 bits per heavy atom. The third-order valence-corrected chi connectivity index (χ3v) is 5.56. The molecule has 4 rings (SSSR count). The first kappa shape index (κ1) is 25.2. The van der Waals surface area contributed by atoms with E-state index in [0.717, 1.165) is 11.1 Å². The molecule has 0 spiro atoms. The van der Waals surface area contributed by atoms with Crippen LogP contribution in [0.15, 0.2) is 85.1 Å². The van der Waals surface area contributed by atoms with E-state index in [4.69, 9.17) is 9.84 Å². The maximum Gasteiger partial charge on any atom is 0.325 e. The van der Waals surface area contributed by atoms with E-state index in [1.165, 1.54) is 13.2 Å². The number of nitrogens with one attached hydrogen (secondary N) is 2. The fourth-order valence-electron chi connectivity index (χ4n) is 3.66. The lowest BCUT2D eigenvalue weighted by Crippen LogP contribution is -2.30. The van der Waals surface area contributed by atoms with E-state index in [9.17, 15) is 14.4 Å². The van der Waals surface area contributed by atoms with Crippen molar-refractivity contribution < 1.29 is 23.9 Å². The van der Waals surface area contributed by atoms with Gasteiger partial charge in [0.2, 0.25) is 0 Å². The molecule has 9 nitrogen and oxygen atoms in total. The first-order chi connectivity index (χ1) is 18.0. The molecule has 0 saturated carbocycles. The van der Waals surface area contributed by atoms with E-state index in [1.54, 1.807) is 36.2 Å². The van der Waals surface area contributed by atoms with Crippen molar-refractivity contribution in [2.24, 2.45) is 0 Å². The van der Waals surface area contributed by atoms with Gasteiger partial charge in [-0.2, -0.15) is 5.10 Å². The molecule has 188 valence electrons. The third kappa shape index (κ3) is 6.40. The van der Waals surface area contributed by atoms with Crippen molar-refractivity contribution in [3.63, 3.8) is 0 Å². The number of esters is 1. The summed E-state index contributed by atoms with van der Waals surface area (Å²) in [6.45, 7) is 0.241. The number of carbonyl (C=O) groups is 3. The molecule has 0 unspecified atom stereocenters. The smallest absolute Gasteiger partial charge is 0.325 e. The molecule has 0 aliphatic rings. The van der Waals surface area contributed by atoms with Crippen LogP contribution >= 0.6 is 0 Å². The van der Waals surface area contributed by atoms with Gasteiger partial charge in [-0.1, -0.05) is 36.4 Å². The summed E-state index contributed by atoms with van der Waals surface area (Å²) in [5, 5.41) is 10.0. The fraction of sp³-hybridized carbons (Fsp3) is 0.143. The number of amides is 2. The van der Waals surface area contributed by atoms with Crippen LogP contribution in [-0.4, -0.2) is 48.3 Å². The van der Waals surface area contributed by atoms with E-state index >= 15 is 0 Å². The molecule has 9 heteroatoms. The zero-order valence-electron chi connectivity index (χ0n) is 20.4. The van der Waals surface area contributed by atoms with Crippen molar-refractivity contribution in [1.29, 1.82) is 0 Å². The molecule has 1 aromatic heterocycles. The van der Waals surface area contributed by atoms with Gasteiger partial charge in [-0.05, 0) is 48.0 Å². The number of anilines is 1.